The van der Waals surface area contributed by atoms with Crippen molar-refractivity contribution in [3.05, 3.63) is 34.9 Å². The summed E-state index contributed by atoms with van der Waals surface area (Å²) < 4.78 is 5.00. The Balaban J connectivity index is 1.67. The monoisotopic (exact) mass is 341 g/mol. The molecule has 122 valence electrons. The number of benzene rings is 1. The minimum absolute atomic E-state index is 0.462. The molecule has 22 heavy (non-hydrogen) atoms. The minimum atomic E-state index is 0.462. The molecule has 0 atom stereocenters. The van der Waals surface area contributed by atoms with Gasteiger partial charge in [0.15, 0.2) is 5.11 Å². The Morgan fingerprint density at radius 1 is 1.32 bits per heavy atom. The topological polar surface area (TPSA) is 36.5 Å². The second kappa shape index (κ2) is 9.30. The van der Waals surface area contributed by atoms with Crippen LogP contribution in [0.15, 0.2) is 24.3 Å². The maximum atomic E-state index is 5.92. The van der Waals surface area contributed by atoms with E-state index >= 15 is 0 Å². The third-order valence-electron chi connectivity index (χ3n) is 3.83. The summed E-state index contributed by atoms with van der Waals surface area (Å²) in [7, 11) is 1.69. The Bertz CT molecular complexity index is 461. The summed E-state index contributed by atoms with van der Waals surface area (Å²) >= 11 is 11.2. The Hall–Kier alpha value is -0.880. The van der Waals surface area contributed by atoms with E-state index in [1.807, 2.05) is 12.1 Å². The number of halogens is 1. The predicted octanol–water partition coefficient (Wildman–Crippen LogP) is 2.41. The van der Waals surface area contributed by atoms with E-state index in [0.717, 1.165) is 49.2 Å². The molecule has 2 rings (SSSR count). The van der Waals surface area contributed by atoms with E-state index in [0.29, 0.717) is 12.6 Å². The second-order valence-corrected chi connectivity index (χ2v) is 6.41. The summed E-state index contributed by atoms with van der Waals surface area (Å²) in [6.45, 7) is 4.57. The smallest absolute Gasteiger partial charge is 0.166 e. The van der Waals surface area contributed by atoms with Gasteiger partial charge in [-0.3, -0.25) is 4.90 Å². The fraction of sp³-hybridized carbons (Fsp3) is 0.562. The van der Waals surface area contributed by atoms with E-state index < -0.39 is 0 Å². The quantitative estimate of drug-likeness (QED) is 0.614. The van der Waals surface area contributed by atoms with Crippen molar-refractivity contribution in [2.45, 2.75) is 25.4 Å². The number of methoxy groups -OCH3 is 1. The fourth-order valence-electron chi connectivity index (χ4n) is 2.59. The lowest BCUT2D eigenvalue weighted by molar-refractivity contribution is 0.197. The predicted molar refractivity (Wildman–Crippen MR) is 95.4 cm³/mol. The van der Waals surface area contributed by atoms with Crippen LogP contribution in [0, 0.1) is 0 Å². The number of nitrogens with zero attached hydrogens (tertiary/aromatic N) is 1. The molecular formula is C16H24ClN3OS. The van der Waals surface area contributed by atoms with Gasteiger partial charge in [0.05, 0.1) is 6.61 Å². The number of likely N-dealkylation sites (tertiary alicyclic amines) is 1. The molecule has 1 aromatic rings. The normalized spacial score (nSPS) is 16.5. The van der Waals surface area contributed by atoms with E-state index in [9.17, 15) is 0 Å². The molecule has 1 fully saturated rings. The van der Waals surface area contributed by atoms with Crippen molar-refractivity contribution in [1.82, 2.24) is 15.5 Å². The molecule has 0 aliphatic carbocycles. The number of nitrogens with one attached hydrogen (secondary N) is 2. The van der Waals surface area contributed by atoms with Crippen LogP contribution < -0.4 is 10.6 Å². The molecule has 1 aliphatic rings. The van der Waals surface area contributed by atoms with Gasteiger partial charge in [0, 0.05) is 44.4 Å². The summed E-state index contributed by atoms with van der Waals surface area (Å²) in [5, 5.41) is 8.07. The minimum Gasteiger partial charge on any atom is -0.383 e. The molecule has 1 heterocycles. The first-order valence-electron chi connectivity index (χ1n) is 7.67. The maximum absolute atomic E-state index is 5.92. The van der Waals surface area contributed by atoms with Gasteiger partial charge >= 0.3 is 0 Å². The first-order chi connectivity index (χ1) is 10.7. The molecule has 0 amide bonds. The van der Waals surface area contributed by atoms with Crippen LogP contribution in [0.1, 0.15) is 18.4 Å². The van der Waals surface area contributed by atoms with Crippen LogP contribution in [0.25, 0.3) is 0 Å². The maximum Gasteiger partial charge on any atom is 0.166 e. The lowest BCUT2D eigenvalue weighted by atomic mass is 10.0. The highest BCUT2D eigenvalue weighted by atomic mass is 35.5. The molecule has 6 heteroatoms. The molecule has 0 unspecified atom stereocenters. The number of ether oxygens (including phenoxy) is 1. The highest BCUT2D eigenvalue weighted by molar-refractivity contribution is 7.80. The van der Waals surface area contributed by atoms with E-state index in [1.165, 1.54) is 5.56 Å². The largest absolute Gasteiger partial charge is 0.383 e. The summed E-state index contributed by atoms with van der Waals surface area (Å²) in [4.78, 5) is 2.48. The van der Waals surface area contributed by atoms with E-state index in [2.05, 4.69) is 27.7 Å². The summed E-state index contributed by atoms with van der Waals surface area (Å²) in [5.74, 6) is 0. The Morgan fingerprint density at radius 3 is 2.64 bits per heavy atom. The van der Waals surface area contributed by atoms with Crippen LogP contribution >= 0.6 is 23.8 Å². The molecule has 0 saturated carbocycles. The van der Waals surface area contributed by atoms with Gasteiger partial charge in [0.2, 0.25) is 0 Å². The highest BCUT2D eigenvalue weighted by Crippen LogP contribution is 2.15. The lowest BCUT2D eigenvalue weighted by Gasteiger charge is -2.33. The average Bonchev–Trinajstić information content (AvgIpc) is 2.52. The Morgan fingerprint density at radius 2 is 2.00 bits per heavy atom. The van der Waals surface area contributed by atoms with Crippen molar-refractivity contribution < 1.29 is 4.74 Å². The first-order valence-corrected chi connectivity index (χ1v) is 8.46. The third kappa shape index (κ3) is 6.08. The van der Waals surface area contributed by atoms with Crippen LogP contribution in [0.4, 0.5) is 0 Å². The zero-order valence-electron chi connectivity index (χ0n) is 13.0. The summed E-state index contributed by atoms with van der Waals surface area (Å²) in [6.07, 6.45) is 2.22. The lowest BCUT2D eigenvalue weighted by Crippen LogP contribution is -2.48. The molecule has 1 aromatic carbocycles. The molecule has 0 spiro atoms. The van der Waals surface area contributed by atoms with Crippen molar-refractivity contribution in [2.75, 3.05) is 33.4 Å². The fourth-order valence-corrected chi connectivity index (χ4v) is 2.98. The van der Waals surface area contributed by atoms with Gasteiger partial charge in [-0.15, -0.1) is 0 Å². The van der Waals surface area contributed by atoms with E-state index in [-0.39, 0.29) is 0 Å². The zero-order chi connectivity index (χ0) is 15.8. The van der Waals surface area contributed by atoms with Crippen molar-refractivity contribution in [3.8, 4) is 0 Å². The number of piperidine rings is 1. The van der Waals surface area contributed by atoms with Crippen LogP contribution in [0.2, 0.25) is 5.02 Å². The zero-order valence-corrected chi connectivity index (χ0v) is 14.6. The van der Waals surface area contributed by atoms with Crippen LogP contribution in [-0.4, -0.2) is 49.4 Å². The standard InChI is InChI=1S/C16H24ClN3OS/c1-21-11-8-18-16(22)19-15-6-9-20(10-7-15)12-13-2-4-14(17)5-3-13/h2-5,15H,6-12H2,1H3,(H2,18,19,22). The molecule has 4 nitrogen and oxygen atoms in total. The molecule has 0 aromatic heterocycles. The molecular weight excluding hydrogens is 318 g/mol. The van der Waals surface area contributed by atoms with Gasteiger partial charge in [0.1, 0.15) is 0 Å². The second-order valence-electron chi connectivity index (χ2n) is 5.57. The van der Waals surface area contributed by atoms with Crippen LogP contribution in [0.5, 0.6) is 0 Å². The van der Waals surface area contributed by atoms with Crippen LogP contribution in [0.3, 0.4) is 0 Å². The summed E-state index contributed by atoms with van der Waals surface area (Å²) in [5.41, 5.74) is 1.31. The van der Waals surface area contributed by atoms with Crippen LogP contribution in [-0.2, 0) is 11.3 Å². The Labute approximate surface area is 143 Å². The van der Waals surface area contributed by atoms with Crippen molar-refractivity contribution in [3.63, 3.8) is 0 Å². The van der Waals surface area contributed by atoms with Crippen molar-refractivity contribution in [2.24, 2.45) is 0 Å². The van der Waals surface area contributed by atoms with Crippen molar-refractivity contribution in [1.29, 1.82) is 0 Å². The van der Waals surface area contributed by atoms with E-state index in [4.69, 9.17) is 28.6 Å². The number of thiocarbonyl (C=S) groups is 1. The van der Waals surface area contributed by atoms with Gasteiger partial charge in [-0.25, -0.2) is 0 Å². The molecule has 2 N–H and O–H groups in total. The number of rotatable bonds is 6. The highest BCUT2D eigenvalue weighted by Gasteiger charge is 2.19. The van der Waals surface area contributed by atoms with Gasteiger partial charge < -0.3 is 15.4 Å². The van der Waals surface area contributed by atoms with Gasteiger partial charge in [-0.1, -0.05) is 23.7 Å². The number of hydrogen-bond donors (Lipinski definition) is 2. The molecule has 1 saturated heterocycles. The molecule has 1 aliphatic heterocycles. The summed E-state index contributed by atoms with van der Waals surface area (Å²) in [6, 6.07) is 8.57. The van der Waals surface area contributed by atoms with Crippen molar-refractivity contribution >= 4 is 28.9 Å². The average molecular weight is 342 g/mol. The number of hydrogen-bond acceptors (Lipinski definition) is 3. The van der Waals surface area contributed by atoms with Gasteiger partial charge in [-0.2, -0.15) is 0 Å². The SMILES string of the molecule is COCCNC(=S)NC1CCN(Cc2ccc(Cl)cc2)CC1. The third-order valence-corrected chi connectivity index (χ3v) is 4.35. The molecule has 0 bridgehead atoms. The van der Waals surface area contributed by atoms with Gasteiger partial charge in [0.25, 0.3) is 0 Å². The Kier molecular flexibility index (Phi) is 7.39. The van der Waals surface area contributed by atoms with E-state index in [1.54, 1.807) is 7.11 Å². The van der Waals surface area contributed by atoms with Gasteiger partial charge in [-0.05, 0) is 42.8 Å². The molecule has 0 radical (unpaired) electrons. The first kappa shape index (κ1) is 17.5.